The molecule has 2 amide bonds. The van der Waals surface area contributed by atoms with E-state index in [1.165, 1.54) is 11.1 Å². The number of aryl methyl sites for hydroxylation is 2. The van der Waals surface area contributed by atoms with Crippen molar-refractivity contribution < 1.29 is 9.59 Å². The standard InChI is InChI=1S/C26H33N3O2/c1-18-10-13-28(14-11-18)26(31)25-23-7-5-4-6-21(23)12-15-29(25)17-24(30)27-22-9-8-19(2)20(3)16-22/h4-9,16,18,25H,10-15,17H2,1-3H3,(H,27,30)/t25-/m0/s1. The van der Waals surface area contributed by atoms with Gasteiger partial charge in [0.25, 0.3) is 0 Å². The van der Waals surface area contributed by atoms with Crippen LogP contribution in [0.3, 0.4) is 0 Å². The lowest BCUT2D eigenvalue weighted by atomic mass is 9.90. The second kappa shape index (κ2) is 9.23. The van der Waals surface area contributed by atoms with E-state index < -0.39 is 0 Å². The van der Waals surface area contributed by atoms with Crippen molar-refractivity contribution in [2.75, 3.05) is 31.5 Å². The van der Waals surface area contributed by atoms with E-state index in [2.05, 4.69) is 36.2 Å². The van der Waals surface area contributed by atoms with Crippen molar-refractivity contribution >= 4 is 17.5 Å². The van der Waals surface area contributed by atoms with Gasteiger partial charge in [-0.25, -0.2) is 0 Å². The summed E-state index contributed by atoms with van der Waals surface area (Å²) in [7, 11) is 0. The Morgan fingerprint density at radius 3 is 2.48 bits per heavy atom. The van der Waals surface area contributed by atoms with Gasteiger partial charge in [0, 0.05) is 25.3 Å². The van der Waals surface area contributed by atoms with Crippen molar-refractivity contribution in [1.29, 1.82) is 0 Å². The van der Waals surface area contributed by atoms with Crippen molar-refractivity contribution in [2.45, 2.75) is 46.1 Å². The maximum Gasteiger partial charge on any atom is 0.244 e. The largest absolute Gasteiger partial charge is 0.341 e. The molecule has 1 atom stereocenters. The highest BCUT2D eigenvalue weighted by atomic mass is 16.2. The number of hydrogen-bond donors (Lipinski definition) is 1. The van der Waals surface area contributed by atoms with Gasteiger partial charge in [-0.15, -0.1) is 0 Å². The maximum absolute atomic E-state index is 13.6. The number of anilines is 1. The summed E-state index contributed by atoms with van der Waals surface area (Å²) in [6.45, 7) is 8.88. The predicted molar refractivity (Wildman–Crippen MR) is 124 cm³/mol. The molecular weight excluding hydrogens is 386 g/mol. The van der Waals surface area contributed by atoms with Crippen molar-refractivity contribution in [3.63, 3.8) is 0 Å². The van der Waals surface area contributed by atoms with Crippen molar-refractivity contribution in [1.82, 2.24) is 9.80 Å². The average molecular weight is 420 g/mol. The van der Waals surface area contributed by atoms with Gasteiger partial charge in [0.05, 0.1) is 6.54 Å². The Kier molecular flexibility index (Phi) is 6.42. The fourth-order valence-corrected chi connectivity index (χ4v) is 4.68. The van der Waals surface area contributed by atoms with Crippen LogP contribution in [0.15, 0.2) is 42.5 Å². The fourth-order valence-electron chi connectivity index (χ4n) is 4.68. The van der Waals surface area contributed by atoms with Gasteiger partial charge >= 0.3 is 0 Å². The molecule has 1 fully saturated rings. The Labute approximate surface area is 185 Å². The first kappa shape index (κ1) is 21.6. The quantitative estimate of drug-likeness (QED) is 0.812. The van der Waals surface area contributed by atoms with Gasteiger partial charge in [-0.05, 0) is 73.4 Å². The van der Waals surface area contributed by atoms with Gasteiger partial charge in [0.15, 0.2) is 0 Å². The molecule has 2 aliphatic heterocycles. The number of amides is 2. The molecule has 5 nitrogen and oxygen atoms in total. The number of likely N-dealkylation sites (tertiary alicyclic amines) is 1. The Balaban J connectivity index is 1.53. The molecule has 0 bridgehead atoms. The molecule has 2 aromatic rings. The summed E-state index contributed by atoms with van der Waals surface area (Å²) in [6, 6.07) is 13.8. The monoisotopic (exact) mass is 419 g/mol. The summed E-state index contributed by atoms with van der Waals surface area (Å²) in [6.07, 6.45) is 2.95. The summed E-state index contributed by atoms with van der Waals surface area (Å²) in [5, 5.41) is 3.02. The molecule has 0 aliphatic carbocycles. The van der Waals surface area contributed by atoms with Gasteiger partial charge in [0.1, 0.15) is 6.04 Å². The molecule has 31 heavy (non-hydrogen) atoms. The Morgan fingerprint density at radius 1 is 1.00 bits per heavy atom. The van der Waals surface area contributed by atoms with Gasteiger partial charge in [-0.2, -0.15) is 0 Å². The lowest BCUT2D eigenvalue weighted by molar-refractivity contribution is -0.139. The van der Waals surface area contributed by atoms with Crippen LogP contribution in [-0.4, -0.2) is 47.8 Å². The summed E-state index contributed by atoms with van der Waals surface area (Å²) < 4.78 is 0. The molecule has 2 aliphatic rings. The SMILES string of the molecule is Cc1ccc(NC(=O)CN2CCc3ccccc3[C@H]2C(=O)N2CCC(C)CC2)cc1C. The molecule has 164 valence electrons. The molecule has 0 radical (unpaired) electrons. The molecule has 2 aromatic carbocycles. The Morgan fingerprint density at radius 2 is 1.74 bits per heavy atom. The third-order valence-corrected chi connectivity index (χ3v) is 6.85. The molecule has 2 heterocycles. The minimum absolute atomic E-state index is 0.0762. The number of nitrogens with zero attached hydrogens (tertiary/aromatic N) is 2. The van der Waals surface area contributed by atoms with Crippen molar-refractivity contribution in [3.8, 4) is 0 Å². The zero-order valence-electron chi connectivity index (χ0n) is 18.9. The van der Waals surface area contributed by atoms with Crippen molar-refractivity contribution in [2.24, 2.45) is 5.92 Å². The lowest BCUT2D eigenvalue weighted by Gasteiger charge is -2.40. The summed E-state index contributed by atoms with van der Waals surface area (Å²) in [5.74, 6) is 0.730. The minimum Gasteiger partial charge on any atom is -0.341 e. The second-order valence-corrected chi connectivity index (χ2v) is 9.18. The first-order valence-electron chi connectivity index (χ1n) is 11.4. The van der Waals surface area contributed by atoms with Crippen LogP contribution in [0, 0.1) is 19.8 Å². The van der Waals surface area contributed by atoms with Crippen LogP contribution >= 0.6 is 0 Å². The van der Waals surface area contributed by atoms with Crippen LogP contribution in [0.1, 0.15) is 48.1 Å². The first-order valence-corrected chi connectivity index (χ1v) is 11.4. The molecular formula is C26H33N3O2. The van der Waals surface area contributed by atoms with E-state index in [1.807, 2.05) is 42.2 Å². The van der Waals surface area contributed by atoms with Gasteiger partial charge in [-0.1, -0.05) is 37.3 Å². The molecule has 1 saturated heterocycles. The molecule has 5 heteroatoms. The van der Waals surface area contributed by atoms with E-state index in [4.69, 9.17) is 0 Å². The molecule has 0 saturated carbocycles. The summed E-state index contributed by atoms with van der Waals surface area (Å²) in [4.78, 5) is 30.6. The lowest BCUT2D eigenvalue weighted by Crippen LogP contribution is -2.50. The zero-order chi connectivity index (χ0) is 22.0. The number of carbonyl (C=O) groups is 2. The number of fused-ring (bicyclic) bond motifs is 1. The fraction of sp³-hybridized carbons (Fsp3) is 0.462. The molecule has 4 rings (SSSR count). The smallest absolute Gasteiger partial charge is 0.244 e. The van der Waals surface area contributed by atoms with Crippen LogP contribution in [0.25, 0.3) is 0 Å². The number of rotatable bonds is 4. The Hall–Kier alpha value is -2.66. The number of hydrogen-bond acceptors (Lipinski definition) is 3. The van der Waals surface area contributed by atoms with E-state index in [9.17, 15) is 9.59 Å². The van der Waals surface area contributed by atoms with Crippen LogP contribution in [0.4, 0.5) is 5.69 Å². The van der Waals surface area contributed by atoms with Gasteiger partial charge in [0.2, 0.25) is 11.8 Å². The number of carbonyl (C=O) groups excluding carboxylic acids is 2. The van der Waals surface area contributed by atoms with Gasteiger partial charge in [-0.3, -0.25) is 14.5 Å². The van der Waals surface area contributed by atoms with Crippen molar-refractivity contribution in [3.05, 3.63) is 64.7 Å². The highest BCUT2D eigenvalue weighted by Gasteiger charge is 2.37. The van der Waals surface area contributed by atoms with E-state index in [1.54, 1.807) is 0 Å². The van der Waals surface area contributed by atoms with Crippen LogP contribution < -0.4 is 5.32 Å². The third kappa shape index (κ3) is 4.82. The maximum atomic E-state index is 13.6. The molecule has 0 unspecified atom stereocenters. The average Bonchev–Trinajstić information content (AvgIpc) is 2.76. The first-order chi connectivity index (χ1) is 14.9. The topological polar surface area (TPSA) is 52.7 Å². The zero-order valence-corrected chi connectivity index (χ0v) is 18.9. The predicted octanol–water partition coefficient (Wildman–Crippen LogP) is 4.10. The van der Waals surface area contributed by atoms with E-state index in [0.29, 0.717) is 12.5 Å². The van der Waals surface area contributed by atoms with Gasteiger partial charge < -0.3 is 10.2 Å². The minimum atomic E-state index is -0.385. The van der Waals surface area contributed by atoms with E-state index in [0.717, 1.165) is 49.2 Å². The molecule has 0 aromatic heterocycles. The van der Waals surface area contributed by atoms with E-state index in [-0.39, 0.29) is 24.4 Å². The van der Waals surface area contributed by atoms with Crippen LogP contribution in [-0.2, 0) is 16.0 Å². The number of nitrogens with one attached hydrogen (secondary N) is 1. The number of piperidine rings is 1. The Bertz CT molecular complexity index is 963. The highest BCUT2D eigenvalue weighted by Crippen LogP contribution is 2.32. The number of benzene rings is 2. The highest BCUT2D eigenvalue weighted by molar-refractivity contribution is 5.93. The van der Waals surface area contributed by atoms with Crippen LogP contribution in [0.2, 0.25) is 0 Å². The van der Waals surface area contributed by atoms with Crippen LogP contribution in [0.5, 0.6) is 0 Å². The second-order valence-electron chi connectivity index (χ2n) is 9.18. The van der Waals surface area contributed by atoms with E-state index >= 15 is 0 Å². The summed E-state index contributed by atoms with van der Waals surface area (Å²) in [5.41, 5.74) is 5.43. The normalized spacial score (nSPS) is 19.7. The summed E-state index contributed by atoms with van der Waals surface area (Å²) >= 11 is 0. The molecule has 0 spiro atoms. The third-order valence-electron chi connectivity index (χ3n) is 6.85. The molecule has 1 N–H and O–H groups in total.